The van der Waals surface area contributed by atoms with Crippen molar-refractivity contribution in [3.8, 4) is 0 Å². The number of aryl methyl sites for hydroxylation is 2. The van der Waals surface area contributed by atoms with Gasteiger partial charge in [-0.05, 0) is 116 Å². The van der Waals surface area contributed by atoms with Crippen molar-refractivity contribution in [2.45, 2.75) is 58.3 Å². The van der Waals surface area contributed by atoms with Gasteiger partial charge in [0.05, 0.1) is 27.7 Å². The molecule has 7 nitrogen and oxygen atoms in total. The molecule has 3 N–H and O–H groups in total. The molecule has 4 rings (SSSR count). The highest BCUT2D eigenvalue weighted by Crippen LogP contribution is 2.18. The van der Waals surface area contributed by atoms with E-state index in [0.29, 0.717) is 33.8 Å². The van der Waals surface area contributed by atoms with Crippen molar-refractivity contribution in [2.75, 3.05) is 43.6 Å². The fourth-order valence-corrected chi connectivity index (χ4v) is 5.29. The molecule has 0 bridgehead atoms. The smallest absolute Gasteiger partial charge is 0.255 e. The van der Waals surface area contributed by atoms with Crippen LogP contribution < -0.4 is 16.0 Å². The van der Waals surface area contributed by atoms with Gasteiger partial charge in [0.2, 0.25) is 0 Å². The lowest BCUT2D eigenvalue weighted by atomic mass is 10.0. The van der Waals surface area contributed by atoms with E-state index >= 15 is 0 Å². The Bertz CT molecular complexity index is 1590. The number of hydrogen-bond donors (Lipinski definition) is 3. The fourth-order valence-electron chi connectivity index (χ4n) is 5.29. The number of nitrogens with zero attached hydrogens (tertiary/aromatic N) is 1. The second-order valence-corrected chi connectivity index (χ2v) is 13.1. The molecule has 4 aromatic carbocycles. The Morgan fingerprint density at radius 3 is 1.21 bits per heavy atom. The third-order valence-electron chi connectivity index (χ3n) is 8.19. The summed E-state index contributed by atoms with van der Waals surface area (Å²) in [4.78, 5) is 38.2. The number of anilines is 3. The predicted molar refractivity (Wildman–Crippen MR) is 193 cm³/mol. The van der Waals surface area contributed by atoms with E-state index in [0.717, 1.165) is 17.3 Å². The molecule has 0 aliphatic carbocycles. The Morgan fingerprint density at radius 2 is 0.809 bits per heavy atom. The van der Waals surface area contributed by atoms with Gasteiger partial charge in [-0.2, -0.15) is 0 Å². The van der Waals surface area contributed by atoms with Gasteiger partial charge in [-0.25, -0.2) is 0 Å². The summed E-state index contributed by atoms with van der Waals surface area (Å²) in [5.74, 6) is -0.648. The predicted octanol–water partition coefficient (Wildman–Crippen LogP) is 8.60. The van der Waals surface area contributed by atoms with Gasteiger partial charge >= 0.3 is 0 Å². The molecular formula is C40H49N4O3+. The molecule has 0 saturated carbocycles. The van der Waals surface area contributed by atoms with Crippen LogP contribution in [0, 0.1) is 0 Å². The van der Waals surface area contributed by atoms with Gasteiger partial charge in [-0.1, -0.05) is 50.5 Å². The summed E-state index contributed by atoms with van der Waals surface area (Å²) >= 11 is 0. The van der Waals surface area contributed by atoms with Crippen LogP contribution in [0.3, 0.4) is 0 Å². The number of rotatable bonds is 16. The Morgan fingerprint density at radius 1 is 0.468 bits per heavy atom. The van der Waals surface area contributed by atoms with Crippen molar-refractivity contribution in [2.24, 2.45) is 0 Å². The molecule has 0 aromatic heterocycles. The topological polar surface area (TPSA) is 87.3 Å². The molecule has 0 spiro atoms. The number of benzene rings is 4. The van der Waals surface area contributed by atoms with Gasteiger partial charge in [-0.3, -0.25) is 14.4 Å². The normalized spacial score (nSPS) is 11.1. The average molecular weight is 634 g/mol. The van der Waals surface area contributed by atoms with Gasteiger partial charge < -0.3 is 20.4 Å². The minimum absolute atomic E-state index is 0.174. The van der Waals surface area contributed by atoms with Crippen LogP contribution in [-0.2, 0) is 12.8 Å². The van der Waals surface area contributed by atoms with E-state index in [4.69, 9.17) is 0 Å². The van der Waals surface area contributed by atoms with Crippen molar-refractivity contribution < 1.29 is 18.9 Å². The number of amides is 3. The van der Waals surface area contributed by atoms with E-state index in [1.165, 1.54) is 56.2 Å². The Hall–Kier alpha value is -4.75. The van der Waals surface area contributed by atoms with Gasteiger partial charge in [0.15, 0.2) is 0 Å². The molecule has 0 fully saturated rings. The van der Waals surface area contributed by atoms with Gasteiger partial charge in [0.1, 0.15) is 0 Å². The van der Waals surface area contributed by atoms with E-state index in [1.54, 1.807) is 48.5 Å². The van der Waals surface area contributed by atoms with Crippen LogP contribution >= 0.6 is 0 Å². The van der Waals surface area contributed by atoms with Crippen LogP contribution in [0.4, 0.5) is 17.1 Å². The lowest BCUT2D eigenvalue weighted by molar-refractivity contribution is -0.870. The van der Waals surface area contributed by atoms with Crippen LogP contribution in [0.2, 0.25) is 0 Å². The van der Waals surface area contributed by atoms with E-state index < -0.39 is 0 Å². The highest BCUT2D eigenvalue weighted by Gasteiger charge is 2.11. The summed E-state index contributed by atoms with van der Waals surface area (Å²) in [6.45, 7) is 3.31. The largest absolute Gasteiger partial charge is 0.331 e. The molecule has 0 unspecified atom stereocenters. The second kappa shape index (κ2) is 17.2. The summed E-state index contributed by atoms with van der Waals surface area (Å²) in [7, 11) is 6.74. The first kappa shape index (κ1) is 35.1. The Balaban J connectivity index is 1.17. The highest BCUT2D eigenvalue weighted by molar-refractivity contribution is 6.07. The summed E-state index contributed by atoms with van der Waals surface area (Å²) in [6, 6.07) is 29.1. The fraction of sp³-hybridized carbons (Fsp3) is 0.325. The molecule has 246 valence electrons. The van der Waals surface area contributed by atoms with Crippen LogP contribution in [0.1, 0.15) is 87.6 Å². The number of quaternary nitrogens is 1. The minimum atomic E-state index is -0.273. The third kappa shape index (κ3) is 11.8. The molecule has 0 aliphatic rings. The highest BCUT2D eigenvalue weighted by atomic mass is 16.2. The average Bonchev–Trinajstić information content (AvgIpc) is 3.07. The van der Waals surface area contributed by atoms with Crippen molar-refractivity contribution >= 4 is 34.8 Å². The van der Waals surface area contributed by atoms with E-state index in [9.17, 15) is 14.4 Å². The van der Waals surface area contributed by atoms with Crippen LogP contribution in [-0.4, -0.2) is 49.9 Å². The van der Waals surface area contributed by atoms with Gasteiger partial charge in [0.25, 0.3) is 17.7 Å². The lowest BCUT2D eigenvalue weighted by Crippen LogP contribution is -2.35. The Kier molecular flexibility index (Phi) is 12.9. The summed E-state index contributed by atoms with van der Waals surface area (Å²) in [5, 5.41) is 8.66. The first-order valence-electron chi connectivity index (χ1n) is 16.7. The molecule has 0 atom stereocenters. The summed E-state index contributed by atoms with van der Waals surface area (Å²) < 4.78 is 1.04. The maximum atomic E-state index is 12.8. The number of nitrogens with one attached hydrogen (secondary N) is 3. The first-order chi connectivity index (χ1) is 22.6. The molecule has 4 aromatic rings. The maximum absolute atomic E-state index is 12.8. The monoisotopic (exact) mass is 633 g/mol. The molecule has 3 amide bonds. The van der Waals surface area contributed by atoms with E-state index in [-0.39, 0.29) is 17.7 Å². The van der Waals surface area contributed by atoms with E-state index in [2.05, 4.69) is 44.0 Å². The number of unbranched alkanes of at least 4 members (excludes halogenated alkanes) is 5. The minimum Gasteiger partial charge on any atom is -0.331 e. The van der Waals surface area contributed by atoms with Crippen LogP contribution in [0.25, 0.3) is 0 Å². The quantitative estimate of drug-likeness (QED) is 0.0853. The molecular weight excluding hydrogens is 584 g/mol. The number of carbonyl (C=O) groups is 3. The van der Waals surface area contributed by atoms with Gasteiger partial charge in [0, 0.05) is 33.8 Å². The molecule has 47 heavy (non-hydrogen) atoms. The van der Waals surface area contributed by atoms with Crippen LogP contribution in [0.5, 0.6) is 0 Å². The SMILES string of the molecule is CCc1ccc(C(=O)Nc2ccc(C(=O)Nc3ccc(NC(=O)c4ccc(CCCCCCCC[N+](C)(C)C)cc4)cc3)cc2)cc1. The number of hydrogen-bond acceptors (Lipinski definition) is 3. The second-order valence-electron chi connectivity index (χ2n) is 13.1. The first-order valence-corrected chi connectivity index (χ1v) is 16.7. The molecule has 0 aliphatic heterocycles. The Labute approximate surface area is 280 Å². The molecule has 0 saturated heterocycles. The lowest BCUT2D eigenvalue weighted by Gasteiger charge is -2.23. The zero-order valence-corrected chi connectivity index (χ0v) is 28.3. The van der Waals surface area contributed by atoms with E-state index in [1.807, 2.05) is 48.5 Å². The number of carbonyl (C=O) groups excluding carboxylic acids is 3. The molecule has 7 heteroatoms. The zero-order valence-electron chi connectivity index (χ0n) is 28.3. The van der Waals surface area contributed by atoms with Crippen LogP contribution in [0.15, 0.2) is 97.1 Å². The third-order valence-corrected chi connectivity index (χ3v) is 8.19. The van der Waals surface area contributed by atoms with Crippen molar-refractivity contribution in [3.05, 3.63) is 125 Å². The standard InChI is InChI=1S/C40H48N4O3/c1-5-30-13-17-32(18-14-30)38(45)41-35-23-21-34(22-24-35)40(47)43-37-27-25-36(26-28-37)42-39(46)33-19-15-31(16-20-33)12-10-8-6-7-9-11-29-44(2,3)4/h13-28H,5-12,29H2,1-4H3,(H2-,41,42,43,45,46,47)/p+1. The maximum Gasteiger partial charge on any atom is 0.255 e. The summed E-state index contributed by atoms with van der Waals surface area (Å²) in [6.07, 6.45) is 9.54. The van der Waals surface area contributed by atoms with Crippen molar-refractivity contribution in [1.82, 2.24) is 0 Å². The zero-order chi connectivity index (χ0) is 33.6. The molecule has 0 radical (unpaired) electrons. The molecule has 0 heterocycles. The summed E-state index contributed by atoms with van der Waals surface area (Å²) in [5.41, 5.74) is 5.93. The van der Waals surface area contributed by atoms with Crippen molar-refractivity contribution in [1.29, 1.82) is 0 Å². The van der Waals surface area contributed by atoms with Crippen molar-refractivity contribution in [3.63, 3.8) is 0 Å². The van der Waals surface area contributed by atoms with Gasteiger partial charge in [-0.15, -0.1) is 0 Å².